The fraction of sp³-hybridized carbons (Fsp3) is 0.444. The second-order valence-corrected chi connectivity index (χ2v) is 6.01. The Morgan fingerprint density at radius 3 is 2.89 bits per heavy atom. The Balaban J connectivity index is 1.85. The second-order valence-electron chi connectivity index (χ2n) is 6.01. The van der Waals surface area contributed by atoms with Gasteiger partial charge in [-0.25, -0.2) is 0 Å². The lowest BCUT2D eigenvalue weighted by atomic mass is 9.87. The largest absolute Gasteiger partial charge is 0.382 e. The van der Waals surface area contributed by atoms with Gasteiger partial charge in [-0.05, 0) is 48.1 Å². The van der Waals surface area contributed by atoms with Crippen molar-refractivity contribution in [2.24, 2.45) is 5.92 Å². The van der Waals surface area contributed by atoms with E-state index in [1.807, 2.05) is 0 Å². The van der Waals surface area contributed by atoms with E-state index in [1.54, 1.807) is 0 Å². The van der Waals surface area contributed by atoms with Gasteiger partial charge in [0.15, 0.2) is 0 Å². The van der Waals surface area contributed by atoms with Crippen molar-refractivity contribution in [3.8, 4) is 0 Å². The average Bonchev–Trinajstić information content (AvgIpc) is 2.39. The topological polar surface area (TPSA) is 12.0 Å². The van der Waals surface area contributed by atoms with Gasteiger partial charge in [0.2, 0.25) is 0 Å². The van der Waals surface area contributed by atoms with Crippen molar-refractivity contribution in [1.29, 1.82) is 0 Å². The molecule has 2 aromatic carbocycles. The third kappa shape index (κ3) is 2.75. The molecule has 0 bridgehead atoms. The molecule has 1 radical (unpaired) electrons. The van der Waals surface area contributed by atoms with Crippen molar-refractivity contribution in [2.45, 2.75) is 45.6 Å². The molecule has 99 valence electrons. The van der Waals surface area contributed by atoms with Crippen molar-refractivity contribution in [2.75, 3.05) is 5.32 Å². The standard InChI is InChI=1S/C18H22N/c1-13-6-5-8-16(10-13)19-17-11-14(2)18-9-4-3-7-15(18)12-17/h3-4,7,9,12-13,16,19H,5-6,8,10H2,1-2H3. The van der Waals surface area contributed by atoms with Gasteiger partial charge in [0.25, 0.3) is 0 Å². The smallest absolute Gasteiger partial charge is 0.0432 e. The fourth-order valence-electron chi connectivity index (χ4n) is 3.29. The molecular weight excluding hydrogens is 230 g/mol. The Morgan fingerprint density at radius 1 is 1.21 bits per heavy atom. The number of aryl methyl sites for hydroxylation is 1. The van der Waals surface area contributed by atoms with Gasteiger partial charge in [-0.3, -0.25) is 0 Å². The minimum atomic E-state index is 0.626. The lowest BCUT2D eigenvalue weighted by molar-refractivity contribution is 0.358. The molecule has 3 rings (SSSR count). The molecule has 0 aliphatic heterocycles. The molecule has 19 heavy (non-hydrogen) atoms. The first-order valence-electron chi connectivity index (χ1n) is 7.40. The predicted molar refractivity (Wildman–Crippen MR) is 82.6 cm³/mol. The van der Waals surface area contributed by atoms with E-state index in [-0.39, 0.29) is 0 Å². The van der Waals surface area contributed by atoms with E-state index in [4.69, 9.17) is 0 Å². The maximum absolute atomic E-state index is 3.69. The van der Waals surface area contributed by atoms with Crippen LogP contribution >= 0.6 is 0 Å². The van der Waals surface area contributed by atoms with Crippen molar-refractivity contribution in [3.05, 3.63) is 42.0 Å². The highest BCUT2D eigenvalue weighted by Gasteiger charge is 2.18. The summed E-state index contributed by atoms with van der Waals surface area (Å²) in [5.74, 6) is 0.854. The average molecular weight is 252 g/mol. The van der Waals surface area contributed by atoms with Crippen LogP contribution in [0.1, 0.15) is 38.2 Å². The molecule has 1 aliphatic rings. The van der Waals surface area contributed by atoms with Crippen molar-refractivity contribution in [3.63, 3.8) is 0 Å². The molecule has 1 heteroatoms. The Bertz CT molecular complexity index is 573. The summed E-state index contributed by atoms with van der Waals surface area (Å²) in [6, 6.07) is 14.9. The van der Waals surface area contributed by atoms with Crippen molar-refractivity contribution < 1.29 is 0 Å². The highest BCUT2D eigenvalue weighted by molar-refractivity contribution is 5.88. The molecule has 0 saturated heterocycles. The molecule has 1 saturated carbocycles. The second kappa shape index (κ2) is 5.24. The summed E-state index contributed by atoms with van der Waals surface area (Å²) in [6.45, 7) is 4.51. The molecule has 0 spiro atoms. The Kier molecular flexibility index (Phi) is 3.46. The summed E-state index contributed by atoms with van der Waals surface area (Å²) < 4.78 is 0. The molecule has 0 amide bonds. The van der Waals surface area contributed by atoms with Gasteiger partial charge in [0.1, 0.15) is 0 Å². The molecule has 2 atom stereocenters. The first kappa shape index (κ1) is 12.5. The third-order valence-electron chi connectivity index (χ3n) is 4.28. The third-order valence-corrected chi connectivity index (χ3v) is 4.28. The lowest BCUT2D eigenvalue weighted by Crippen LogP contribution is -2.26. The van der Waals surface area contributed by atoms with Crippen LogP contribution in [-0.4, -0.2) is 6.04 Å². The van der Waals surface area contributed by atoms with Crippen molar-refractivity contribution >= 4 is 16.5 Å². The quantitative estimate of drug-likeness (QED) is 0.798. The molecular formula is C18H22N. The Labute approximate surface area is 116 Å². The van der Waals surface area contributed by atoms with Crippen LogP contribution < -0.4 is 5.32 Å². The van der Waals surface area contributed by atoms with E-state index in [0.29, 0.717) is 6.04 Å². The number of rotatable bonds is 2. The summed E-state index contributed by atoms with van der Waals surface area (Å²) in [7, 11) is 0. The van der Waals surface area contributed by atoms with Crippen LogP contribution in [0.2, 0.25) is 0 Å². The summed E-state index contributed by atoms with van der Waals surface area (Å²) in [4.78, 5) is 0. The summed E-state index contributed by atoms with van der Waals surface area (Å²) in [5, 5.41) is 6.31. The van der Waals surface area contributed by atoms with E-state index in [0.717, 1.165) is 11.6 Å². The van der Waals surface area contributed by atoms with Gasteiger partial charge < -0.3 is 5.32 Å². The van der Waals surface area contributed by atoms with Crippen molar-refractivity contribution in [1.82, 2.24) is 0 Å². The Hall–Kier alpha value is -1.50. The lowest BCUT2D eigenvalue weighted by Gasteiger charge is -2.28. The van der Waals surface area contributed by atoms with Gasteiger partial charge in [-0.15, -0.1) is 0 Å². The summed E-state index contributed by atoms with van der Waals surface area (Å²) in [5.41, 5.74) is 2.40. The minimum absolute atomic E-state index is 0.626. The zero-order valence-electron chi connectivity index (χ0n) is 11.9. The highest BCUT2D eigenvalue weighted by Crippen LogP contribution is 2.28. The highest BCUT2D eigenvalue weighted by atomic mass is 14.9. The number of fused-ring (bicyclic) bond motifs is 1. The zero-order valence-corrected chi connectivity index (χ0v) is 11.9. The van der Waals surface area contributed by atoms with E-state index >= 15 is 0 Å². The normalized spacial score (nSPS) is 23.5. The molecule has 1 fully saturated rings. The minimum Gasteiger partial charge on any atom is -0.382 e. The molecule has 2 aromatic rings. The number of hydrogen-bond donors (Lipinski definition) is 1. The number of nitrogens with one attached hydrogen (secondary N) is 1. The SMILES string of the molecule is Cc1[c]c(NC2CCCC(C)C2)cc2ccccc12. The summed E-state index contributed by atoms with van der Waals surface area (Å²) >= 11 is 0. The zero-order chi connectivity index (χ0) is 13.2. The Morgan fingerprint density at radius 2 is 2.05 bits per heavy atom. The van der Waals surface area contributed by atoms with Gasteiger partial charge in [0.05, 0.1) is 0 Å². The van der Waals surface area contributed by atoms with Gasteiger partial charge in [-0.1, -0.05) is 44.0 Å². The first-order valence-corrected chi connectivity index (χ1v) is 7.40. The fourth-order valence-corrected chi connectivity index (χ4v) is 3.29. The van der Waals surface area contributed by atoms with Crippen LogP contribution in [0.5, 0.6) is 0 Å². The first-order chi connectivity index (χ1) is 9.22. The van der Waals surface area contributed by atoms with Crippen LogP contribution in [0.3, 0.4) is 0 Å². The maximum Gasteiger partial charge on any atom is 0.0432 e. The monoisotopic (exact) mass is 252 g/mol. The van der Waals surface area contributed by atoms with Crippen LogP contribution in [0.15, 0.2) is 30.3 Å². The van der Waals surface area contributed by atoms with Crippen LogP contribution in [0.4, 0.5) is 5.69 Å². The molecule has 0 heterocycles. The molecule has 1 aliphatic carbocycles. The van der Waals surface area contributed by atoms with E-state index in [2.05, 4.69) is 55.6 Å². The molecule has 1 N–H and O–H groups in total. The van der Waals surface area contributed by atoms with Gasteiger partial charge in [-0.2, -0.15) is 0 Å². The predicted octanol–water partition coefficient (Wildman–Crippen LogP) is 4.94. The molecule has 1 nitrogen and oxygen atoms in total. The van der Waals surface area contributed by atoms with E-state index in [1.165, 1.54) is 42.0 Å². The van der Waals surface area contributed by atoms with E-state index in [9.17, 15) is 0 Å². The summed E-state index contributed by atoms with van der Waals surface area (Å²) in [6.07, 6.45) is 5.33. The van der Waals surface area contributed by atoms with Gasteiger partial charge >= 0.3 is 0 Å². The molecule has 0 aromatic heterocycles. The molecule has 2 unspecified atom stereocenters. The number of benzene rings is 2. The van der Waals surface area contributed by atoms with Crippen LogP contribution in [-0.2, 0) is 0 Å². The van der Waals surface area contributed by atoms with Gasteiger partial charge in [0, 0.05) is 17.8 Å². The number of hydrogen-bond acceptors (Lipinski definition) is 1. The van der Waals surface area contributed by atoms with Crippen LogP contribution in [0, 0.1) is 18.9 Å². The van der Waals surface area contributed by atoms with Crippen LogP contribution in [0.25, 0.3) is 10.8 Å². The van der Waals surface area contributed by atoms with E-state index < -0.39 is 0 Å². The number of anilines is 1. The maximum atomic E-state index is 3.69.